The van der Waals surface area contributed by atoms with Crippen molar-refractivity contribution in [1.29, 1.82) is 0 Å². The maximum absolute atomic E-state index is 12.7. The Hall–Kier alpha value is -3.62. The van der Waals surface area contributed by atoms with Gasteiger partial charge in [-0.15, -0.1) is 13.2 Å². The van der Waals surface area contributed by atoms with Gasteiger partial charge in [0, 0.05) is 5.56 Å². The van der Waals surface area contributed by atoms with Gasteiger partial charge in [0.05, 0.1) is 37.6 Å². The highest BCUT2D eigenvalue weighted by Gasteiger charge is 2.32. The van der Waals surface area contributed by atoms with Crippen LogP contribution < -0.4 is 4.74 Å². The average Bonchev–Trinajstić information content (AvgIpc) is 3.31. The van der Waals surface area contributed by atoms with Crippen molar-refractivity contribution < 1.29 is 59.6 Å². The molecule has 1 saturated carbocycles. The molecule has 2 aromatic carbocycles. The first-order chi connectivity index (χ1) is 20.3. The van der Waals surface area contributed by atoms with Crippen LogP contribution in [-0.2, 0) is 38.4 Å². The summed E-state index contributed by atoms with van der Waals surface area (Å²) < 4.78 is 102. The zero-order chi connectivity index (χ0) is 31.2. The van der Waals surface area contributed by atoms with E-state index in [0.29, 0.717) is 35.4 Å². The molecule has 43 heavy (non-hydrogen) atoms. The zero-order valence-corrected chi connectivity index (χ0v) is 22.9. The molecule has 1 N–H and O–H groups in total. The lowest BCUT2D eigenvalue weighted by molar-refractivity contribution is -0.274. The minimum absolute atomic E-state index is 0.121. The fraction of sp³-hybridized carbons (Fsp3) is 0.448. The molecule has 0 unspecified atom stereocenters. The minimum Gasteiger partial charge on any atom is -0.479 e. The van der Waals surface area contributed by atoms with E-state index < -0.39 is 30.2 Å². The Morgan fingerprint density at radius 1 is 0.977 bits per heavy atom. The third kappa shape index (κ3) is 9.70. The number of carbonyl (C=O) groups is 1. The molecule has 8 nitrogen and oxygen atoms in total. The molecule has 1 fully saturated rings. The van der Waals surface area contributed by atoms with Crippen LogP contribution in [0.25, 0.3) is 11.5 Å². The molecular weight excluding hydrogens is 588 g/mol. The summed E-state index contributed by atoms with van der Waals surface area (Å²) in [5.41, 5.74) is 0.569. The van der Waals surface area contributed by atoms with Crippen LogP contribution in [0, 0.1) is 6.92 Å². The van der Waals surface area contributed by atoms with Crippen molar-refractivity contribution in [2.75, 3.05) is 6.61 Å². The number of aromatic nitrogens is 1. The highest BCUT2D eigenvalue weighted by atomic mass is 19.4. The number of aryl methyl sites for hydroxylation is 1. The van der Waals surface area contributed by atoms with Crippen molar-refractivity contribution in [2.45, 2.75) is 76.7 Å². The van der Waals surface area contributed by atoms with E-state index in [1.165, 1.54) is 24.3 Å². The summed E-state index contributed by atoms with van der Waals surface area (Å²) in [5, 5.41) is 9.52. The number of halogens is 6. The number of carboxylic acids is 1. The van der Waals surface area contributed by atoms with Crippen molar-refractivity contribution in [3.05, 3.63) is 71.1 Å². The van der Waals surface area contributed by atoms with Gasteiger partial charge in [0.1, 0.15) is 17.2 Å². The van der Waals surface area contributed by atoms with Gasteiger partial charge in [-0.2, -0.15) is 13.2 Å². The molecule has 0 spiro atoms. The van der Waals surface area contributed by atoms with E-state index in [9.17, 15) is 36.2 Å². The molecule has 14 heteroatoms. The van der Waals surface area contributed by atoms with Crippen molar-refractivity contribution in [2.24, 2.45) is 0 Å². The van der Waals surface area contributed by atoms with Crippen molar-refractivity contribution in [1.82, 2.24) is 4.98 Å². The molecule has 0 bridgehead atoms. The molecule has 1 heterocycles. The van der Waals surface area contributed by atoms with Crippen LogP contribution in [0.2, 0.25) is 0 Å². The predicted octanol–water partition coefficient (Wildman–Crippen LogP) is 7.08. The van der Waals surface area contributed by atoms with E-state index in [1.807, 2.05) is 0 Å². The molecule has 3 atom stereocenters. The quantitative estimate of drug-likeness (QED) is 0.215. The number of ether oxygens (including phenoxy) is 4. The smallest absolute Gasteiger partial charge is 0.479 e. The second kappa shape index (κ2) is 13.8. The normalized spacial score (nSPS) is 18.4. The summed E-state index contributed by atoms with van der Waals surface area (Å²) in [6, 6.07) is 9.40. The monoisotopic (exact) mass is 617 g/mol. The van der Waals surface area contributed by atoms with Crippen LogP contribution in [-0.4, -0.2) is 47.3 Å². The fourth-order valence-corrected chi connectivity index (χ4v) is 4.49. The molecule has 0 radical (unpaired) electrons. The number of hydrogen-bond donors (Lipinski definition) is 1. The van der Waals surface area contributed by atoms with Crippen LogP contribution in [0.3, 0.4) is 0 Å². The van der Waals surface area contributed by atoms with Gasteiger partial charge in [-0.1, -0.05) is 12.1 Å². The van der Waals surface area contributed by atoms with Gasteiger partial charge < -0.3 is 28.5 Å². The van der Waals surface area contributed by atoms with Gasteiger partial charge in [0.25, 0.3) is 0 Å². The molecule has 4 rings (SSSR count). The lowest BCUT2D eigenvalue weighted by Gasteiger charge is -2.29. The molecule has 0 saturated heterocycles. The lowest BCUT2D eigenvalue weighted by Crippen LogP contribution is -2.34. The second-order valence-electron chi connectivity index (χ2n) is 9.98. The van der Waals surface area contributed by atoms with Crippen LogP contribution in [0.15, 0.2) is 52.9 Å². The molecule has 0 aliphatic heterocycles. The molecule has 3 aromatic rings. The summed E-state index contributed by atoms with van der Waals surface area (Å²) in [5.74, 6) is -0.910. The van der Waals surface area contributed by atoms with Gasteiger partial charge in [0.15, 0.2) is 6.10 Å². The Balaban J connectivity index is 1.24. The molecule has 234 valence electrons. The molecular formula is C29H29F6NO7. The van der Waals surface area contributed by atoms with Gasteiger partial charge in [-0.05, 0) is 74.6 Å². The van der Waals surface area contributed by atoms with Crippen LogP contribution in [0.5, 0.6) is 5.75 Å². The Morgan fingerprint density at radius 3 is 2.23 bits per heavy atom. The Labute approximate surface area is 242 Å². The fourth-order valence-electron chi connectivity index (χ4n) is 4.49. The number of alkyl halides is 6. The molecule has 1 aliphatic rings. The first kappa shape index (κ1) is 32.3. The van der Waals surface area contributed by atoms with Gasteiger partial charge >= 0.3 is 18.5 Å². The second-order valence-corrected chi connectivity index (χ2v) is 9.98. The Morgan fingerprint density at radius 2 is 1.63 bits per heavy atom. The lowest BCUT2D eigenvalue weighted by atomic mass is 9.95. The standard InChI is InChI=1S/C29H29F6NO7/c1-17-24(36-26(42-17)19-7-11-21(12-8-19)43-29(33,34)35)15-39-22-3-2-4-23(13-22)40-16-25(27(37)38)41-14-18-5-9-20(10-6-18)28(30,31)32/h5-12,22-23,25H,2-4,13-16H2,1H3,(H,37,38)/t22-,23+,25+/m0/s1. The van der Waals surface area contributed by atoms with Gasteiger partial charge in [-0.3, -0.25) is 0 Å². The van der Waals surface area contributed by atoms with Crippen LogP contribution in [0.4, 0.5) is 26.3 Å². The highest BCUT2D eigenvalue weighted by molar-refractivity contribution is 5.72. The Kier molecular flexibility index (Phi) is 10.4. The maximum Gasteiger partial charge on any atom is 0.573 e. The first-order valence-corrected chi connectivity index (χ1v) is 13.3. The van der Waals surface area contributed by atoms with E-state index in [1.54, 1.807) is 6.92 Å². The van der Waals surface area contributed by atoms with Crippen molar-refractivity contribution in [3.63, 3.8) is 0 Å². The van der Waals surface area contributed by atoms with Crippen LogP contribution in [0.1, 0.15) is 48.3 Å². The first-order valence-electron chi connectivity index (χ1n) is 13.3. The zero-order valence-electron chi connectivity index (χ0n) is 22.9. The number of benzene rings is 2. The Bertz CT molecular complexity index is 1340. The number of rotatable bonds is 12. The summed E-state index contributed by atoms with van der Waals surface area (Å²) >= 11 is 0. The third-order valence-electron chi connectivity index (χ3n) is 6.75. The van der Waals surface area contributed by atoms with Crippen molar-refractivity contribution >= 4 is 5.97 Å². The summed E-state index contributed by atoms with van der Waals surface area (Å²) in [6.07, 6.45) is -8.36. The third-order valence-corrected chi connectivity index (χ3v) is 6.75. The summed E-state index contributed by atoms with van der Waals surface area (Å²) in [4.78, 5) is 16.1. The number of hydrogen-bond acceptors (Lipinski definition) is 7. The molecule has 1 aliphatic carbocycles. The van der Waals surface area contributed by atoms with Crippen LogP contribution >= 0.6 is 0 Å². The summed E-state index contributed by atoms with van der Waals surface area (Å²) in [7, 11) is 0. The van der Waals surface area contributed by atoms with Gasteiger partial charge in [0.2, 0.25) is 5.89 Å². The predicted molar refractivity (Wildman–Crippen MR) is 138 cm³/mol. The largest absolute Gasteiger partial charge is 0.573 e. The van der Waals surface area contributed by atoms with E-state index in [2.05, 4.69) is 9.72 Å². The van der Waals surface area contributed by atoms with E-state index >= 15 is 0 Å². The number of nitrogens with zero attached hydrogens (tertiary/aromatic N) is 1. The van der Waals surface area contributed by atoms with E-state index in [0.717, 1.165) is 37.1 Å². The SMILES string of the molecule is Cc1oc(-c2ccc(OC(F)(F)F)cc2)nc1CO[C@H]1CCC[C@@H](OC[C@@H](OCc2ccc(C(F)(F)F)cc2)C(=O)O)C1. The number of aliphatic carboxylic acids is 1. The average molecular weight is 618 g/mol. The highest BCUT2D eigenvalue weighted by Crippen LogP contribution is 2.30. The summed E-state index contributed by atoms with van der Waals surface area (Å²) in [6.45, 7) is 1.38. The molecule has 1 aromatic heterocycles. The van der Waals surface area contributed by atoms with Crippen molar-refractivity contribution in [3.8, 4) is 17.2 Å². The van der Waals surface area contributed by atoms with E-state index in [-0.39, 0.29) is 43.7 Å². The van der Waals surface area contributed by atoms with Gasteiger partial charge in [-0.25, -0.2) is 9.78 Å². The number of carboxylic acid groups (broad SMARTS) is 1. The maximum atomic E-state index is 12.7. The number of oxazole rings is 1. The van der Waals surface area contributed by atoms with E-state index in [4.69, 9.17) is 18.6 Å². The topological polar surface area (TPSA) is 100 Å². The molecule has 0 amide bonds. The minimum atomic E-state index is -4.79.